The van der Waals surface area contributed by atoms with Crippen LogP contribution in [0.3, 0.4) is 0 Å². The van der Waals surface area contributed by atoms with E-state index < -0.39 is 0 Å². The van der Waals surface area contributed by atoms with Gasteiger partial charge in [-0.2, -0.15) is 20.3 Å². The third-order valence-electron chi connectivity index (χ3n) is 2.34. The molecule has 0 aliphatic heterocycles. The molecule has 0 unspecified atom stereocenters. The molecule has 2 aromatic heterocycles. The largest absolute Gasteiger partial charge is 0.358 e. The Hall–Kier alpha value is -2.40. The van der Waals surface area contributed by atoms with E-state index >= 15 is 0 Å². The van der Waals surface area contributed by atoms with Gasteiger partial charge in [-0.05, 0) is 0 Å². The molecule has 2 rings (SSSR count). The van der Waals surface area contributed by atoms with Gasteiger partial charge < -0.3 is 4.90 Å². The number of anilines is 2. The van der Waals surface area contributed by atoms with E-state index in [2.05, 4.69) is 31.7 Å². The summed E-state index contributed by atoms with van der Waals surface area (Å²) in [4.78, 5) is 10.2. The predicted octanol–water partition coefficient (Wildman–Crippen LogP) is -0.0116. The molecule has 0 aliphatic carbocycles. The second-order valence-electron chi connectivity index (χ2n) is 3.48. The fraction of sp³-hybridized carbons (Fsp3) is 0.333. The fourth-order valence-electron chi connectivity index (χ4n) is 1.50. The average Bonchev–Trinajstić information content (AvgIpc) is 2.82. The van der Waals surface area contributed by atoms with Crippen LogP contribution >= 0.6 is 0 Å². The minimum atomic E-state index is 0.306. The van der Waals surface area contributed by atoms with Crippen molar-refractivity contribution in [1.82, 2.24) is 20.2 Å². The van der Waals surface area contributed by atoms with Crippen LogP contribution in [0.2, 0.25) is 0 Å². The molecule has 0 saturated carbocycles. The number of H-pyrrole nitrogens is 1. The zero-order valence-corrected chi connectivity index (χ0v) is 9.30. The molecule has 0 saturated heterocycles. The molecule has 0 atom stereocenters. The quantitative estimate of drug-likeness (QED) is 0.500. The standard InChI is InChI=1S/C9H12N8/c1-17(4-2-3-10)8-6-5-12-16-7(6)13-9(14-8)15-11/h5H,2,4,11H2,1H3,(H2,12,13,14,15,16). The topological polar surface area (TPSA) is 120 Å². The summed E-state index contributed by atoms with van der Waals surface area (Å²) in [5, 5.41) is 16.0. The van der Waals surface area contributed by atoms with Crippen molar-refractivity contribution in [2.75, 3.05) is 23.9 Å². The molecule has 17 heavy (non-hydrogen) atoms. The first-order chi connectivity index (χ1) is 8.26. The number of fused-ring (bicyclic) bond motifs is 1. The van der Waals surface area contributed by atoms with Crippen LogP contribution in [-0.4, -0.2) is 33.8 Å². The number of aromatic nitrogens is 4. The highest BCUT2D eigenvalue weighted by Crippen LogP contribution is 2.22. The third-order valence-corrected chi connectivity index (χ3v) is 2.34. The maximum absolute atomic E-state index is 8.58. The summed E-state index contributed by atoms with van der Waals surface area (Å²) < 4.78 is 0. The van der Waals surface area contributed by atoms with Gasteiger partial charge in [-0.3, -0.25) is 10.5 Å². The number of rotatable bonds is 4. The normalized spacial score (nSPS) is 10.2. The van der Waals surface area contributed by atoms with Crippen molar-refractivity contribution in [2.24, 2.45) is 5.84 Å². The fourth-order valence-corrected chi connectivity index (χ4v) is 1.50. The zero-order chi connectivity index (χ0) is 12.3. The highest BCUT2D eigenvalue weighted by molar-refractivity contribution is 5.87. The van der Waals surface area contributed by atoms with Gasteiger partial charge in [0, 0.05) is 13.6 Å². The molecule has 0 aliphatic rings. The number of nitrogen functional groups attached to an aromatic ring is 1. The molecule has 2 heterocycles. The second-order valence-corrected chi connectivity index (χ2v) is 3.48. The summed E-state index contributed by atoms with van der Waals surface area (Å²) >= 11 is 0. The Bertz CT molecular complexity index is 554. The highest BCUT2D eigenvalue weighted by atomic mass is 15.3. The minimum absolute atomic E-state index is 0.306. The van der Waals surface area contributed by atoms with Crippen molar-refractivity contribution in [1.29, 1.82) is 5.26 Å². The summed E-state index contributed by atoms with van der Waals surface area (Å²) in [6, 6.07) is 2.09. The number of aromatic amines is 1. The number of hydrogen-bond donors (Lipinski definition) is 3. The van der Waals surface area contributed by atoms with Crippen LogP contribution in [0.1, 0.15) is 6.42 Å². The van der Waals surface area contributed by atoms with Crippen LogP contribution in [0, 0.1) is 11.3 Å². The Kier molecular flexibility index (Phi) is 3.02. The number of nitrogens with zero attached hydrogens (tertiary/aromatic N) is 5. The molecular weight excluding hydrogens is 220 g/mol. The van der Waals surface area contributed by atoms with Gasteiger partial charge in [0.1, 0.15) is 5.82 Å². The Morgan fingerprint density at radius 1 is 1.59 bits per heavy atom. The molecule has 8 nitrogen and oxygen atoms in total. The summed E-state index contributed by atoms with van der Waals surface area (Å²) in [6.07, 6.45) is 2.07. The summed E-state index contributed by atoms with van der Waals surface area (Å²) in [5.41, 5.74) is 3.00. The van der Waals surface area contributed by atoms with Crippen molar-refractivity contribution in [3.63, 3.8) is 0 Å². The molecule has 0 aromatic carbocycles. The van der Waals surface area contributed by atoms with Crippen molar-refractivity contribution >= 4 is 22.8 Å². The average molecular weight is 232 g/mol. The summed E-state index contributed by atoms with van der Waals surface area (Å²) in [5.74, 6) is 6.29. The lowest BCUT2D eigenvalue weighted by atomic mass is 10.3. The van der Waals surface area contributed by atoms with E-state index in [0.717, 1.165) is 5.39 Å². The van der Waals surface area contributed by atoms with Crippen LogP contribution in [-0.2, 0) is 0 Å². The van der Waals surface area contributed by atoms with Gasteiger partial charge in [0.25, 0.3) is 0 Å². The van der Waals surface area contributed by atoms with Gasteiger partial charge >= 0.3 is 0 Å². The lowest BCUT2D eigenvalue weighted by molar-refractivity contribution is 0.887. The molecular formula is C9H12N8. The molecule has 0 fully saturated rings. The van der Waals surface area contributed by atoms with Crippen molar-refractivity contribution in [2.45, 2.75) is 6.42 Å². The van der Waals surface area contributed by atoms with E-state index in [1.165, 1.54) is 0 Å². The van der Waals surface area contributed by atoms with Crippen LogP contribution < -0.4 is 16.2 Å². The Morgan fingerprint density at radius 3 is 3.12 bits per heavy atom. The molecule has 88 valence electrons. The van der Waals surface area contributed by atoms with Crippen LogP contribution in [0.15, 0.2) is 6.20 Å². The number of hydrogen-bond acceptors (Lipinski definition) is 7. The van der Waals surface area contributed by atoms with Gasteiger partial charge in [-0.25, -0.2) is 5.84 Å². The lowest BCUT2D eigenvalue weighted by Crippen LogP contribution is -2.21. The van der Waals surface area contributed by atoms with E-state index in [1.807, 2.05) is 11.9 Å². The smallest absolute Gasteiger partial charge is 0.241 e. The zero-order valence-electron chi connectivity index (χ0n) is 9.30. The summed E-state index contributed by atoms with van der Waals surface area (Å²) in [7, 11) is 1.85. The van der Waals surface area contributed by atoms with E-state index in [9.17, 15) is 0 Å². The number of hydrazine groups is 1. The molecule has 0 bridgehead atoms. The van der Waals surface area contributed by atoms with Gasteiger partial charge in [0.2, 0.25) is 5.95 Å². The van der Waals surface area contributed by atoms with Crippen molar-refractivity contribution in [3.05, 3.63) is 6.20 Å². The summed E-state index contributed by atoms with van der Waals surface area (Å²) in [6.45, 7) is 0.581. The van der Waals surface area contributed by atoms with Gasteiger partial charge in [-0.1, -0.05) is 0 Å². The second kappa shape index (κ2) is 4.63. The Morgan fingerprint density at radius 2 is 2.41 bits per heavy atom. The molecule has 2 aromatic rings. The Labute approximate surface area is 97.4 Å². The lowest BCUT2D eigenvalue weighted by Gasteiger charge is -2.17. The Balaban J connectivity index is 2.43. The molecule has 0 amide bonds. The van der Waals surface area contributed by atoms with Crippen LogP contribution in [0.25, 0.3) is 11.0 Å². The number of nitrogens with one attached hydrogen (secondary N) is 2. The third kappa shape index (κ3) is 2.09. The molecule has 0 radical (unpaired) electrons. The first kappa shape index (κ1) is 11.1. The minimum Gasteiger partial charge on any atom is -0.358 e. The maximum Gasteiger partial charge on any atom is 0.241 e. The van der Waals surface area contributed by atoms with Gasteiger partial charge in [0.15, 0.2) is 5.65 Å². The maximum atomic E-state index is 8.58. The first-order valence-corrected chi connectivity index (χ1v) is 5.02. The van der Waals surface area contributed by atoms with Crippen molar-refractivity contribution in [3.8, 4) is 6.07 Å². The molecule has 8 heteroatoms. The predicted molar refractivity (Wildman–Crippen MR) is 63.0 cm³/mol. The SMILES string of the molecule is CN(CCC#N)c1nc(NN)nc2[nH]ncc12. The monoisotopic (exact) mass is 232 g/mol. The van der Waals surface area contributed by atoms with E-state index in [4.69, 9.17) is 11.1 Å². The van der Waals surface area contributed by atoms with Gasteiger partial charge in [0.05, 0.1) is 24.1 Å². The van der Waals surface area contributed by atoms with Crippen LogP contribution in [0.4, 0.5) is 11.8 Å². The molecule has 0 spiro atoms. The molecule has 4 N–H and O–H groups in total. The number of nitriles is 1. The van der Waals surface area contributed by atoms with E-state index in [0.29, 0.717) is 30.4 Å². The number of nitrogens with two attached hydrogens (primary N) is 1. The van der Waals surface area contributed by atoms with Gasteiger partial charge in [-0.15, -0.1) is 0 Å². The van der Waals surface area contributed by atoms with Crippen molar-refractivity contribution < 1.29 is 0 Å². The van der Waals surface area contributed by atoms with E-state index in [-0.39, 0.29) is 0 Å². The first-order valence-electron chi connectivity index (χ1n) is 5.02. The van der Waals surface area contributed by atoms with Crippen LogP contribution in [0.5, 0.6) is 0 Å². The highest BCUT2D eigenvalue weighted by Gasteiger charge is 2.12. The van der Waals surface area contributed by atoms with E-state index in [1.54, 1.807) is 6.20 Å².